The number of ether oxygens (including phenoxy) is 1. The number of nitriles is 1. The highest BCUT2D eigenvalue weighted by molar-refractivity contribution is 6.30. The molecule has 0 unspecified atom stereocenters. The summed E-state index contributed by atoms with van der Waals surface area (Å²) < 4.78 is 6.79. The Hall–Kier alpha value is -3.30. The first-order valence-corrected chi connectivity index (χ1v) is 9.37. The third-order valence-corrected chi connectivity index (χ3v) is 4.59. The Balaban J connectivity index is 2.07. The third-order valence-electron chi connectivity index (χ3n) is 4.33. The first-order chi connectivity index (χ1) is 13.7. The van der Waals surface area contributed by atoms with E-state index >= 15 is 0 Å². The lowest BCUT2D eigenvalue weighted by Crippen LogP contribution is -2.27. The maximum atomic E-state index is 12.8. The van der Waals surface area contributed by atoms with E-state index in [-0.39, 0.29) is 5.91 Å². The van der Waals surface area contributed by atoms with Crippen molar-refractivity contribution < 1.29 is 9.53 Å². The highest BCUT2D eigenvalue weighted by atomic mass is 35.5. The second kappa shape index (κ2) is 7.98. The number of anilines is 1. The maximum Gasteiger partial charge on any atom is 0.256 e. The molecule has 0 spiro atoms. The van der Waals surface area contributed by atoms with Gasteiger partial charge in [0.1, 0.15) is 28.9 Å². The van der Waals surface area contributed by atoms with E-state index in [2.05, 4.69) is 16.5 Å². The van der Waals surface area contributed by atoms with E-state index in [1.807, 2.05) is 20.8 Å². The van der Waals surface area contributed by atoms with E-state index in [1.165, 1.54) is 0 Å². The monoisotopic (exact) mass is 408 g/mol. The van der Waals surface area contributed by atoms with Crippen LogP contribution >= 0.6 is 11.6 Å². The number of nitrogens with zero attached hydrogens (tertiary/aromatic N) is 3. The van der Waals surface area contributed by atoms with E-state index in [4.69, 9.17) is 16.3 Å². The summed E-state index contributed by atoms with van der Waals surface area (Å²) in [4.78, 5) is 12.8. The molecule has 0 atom stereocenters. The molecule has 3 aromatic rings. The van der Waals surface area contributed by atoms with Gasteiger partial charge in [0.25, 0.3) is 5.91 Å². The van der Waals surface area contributed by atoms with E-state index in [9.17, 15) is 10.1 Å². The molecule has 0 aliphatic heterocycles. The molecule has 0 aliphatic carbocycles. The number of carbonyl (C=O) groups excluding carboxylic acids is 1. The van der Waals surface area contributed by atoms with Crippen LogP contribution in [0.25, 0.3) is 11.3 Å². The zero-order chi connectivity index (χ0) is 21.2. The second-order valence-corrected chi connectivity index (χ2v) is 7.89. The molecule has 0 saturated heterocycles. The minimum absolute atomic E-state index is 0.295. The molecule has 1 aromatic heterocycles. The van der Waals surface area contributed by atoms with Crippen LogP contribution in [-0.4, -0.2) is 22.8 Å². The van der Waals surface area contributed by atoms with Gasteiger partial charge in [-0.1, -0.05) is 23.7 Å². The van der Waals surface area contributed by atoms with Gasteiger partial charge in [-0.15, -0.1) is 0 Å². The fourth-order valence-electron chi connectivity index (χ4n) is 2.86. The van der Waals surface area contributed by atoms with Crippen LogP contribution in [-0.2, 0) is 5.54 Å². The SMILES string of the molecule is COc1ccc(C(=O)Nc2c(C#N)c(-c3ccc(Cl)cc3)nn2C(C)(C)C)cc1. The average molecular weight is 409 g/mol. The summed E-state index contributed by atoms with van der Waals surface area (Å²) in [6, 6.07) is 16.0. The molecule has 3 rings (SSSR count). The van der Waals surface area contributed by atoms with Crippen molar-refractivity contribution in [1.82, 2.24) is 9.78 Å². The molecule has 0 saturated carbocycles. The average Bonchev–Trinajstić information content (AvgIpc) is 3.07. The number of rotatable bonds is 4. The van der Waals surface area contributed by atoms with Gasteiger partial charge < -0.3 is 10.1 Å². The lowest BCUT2D eigenvalue weighted by atomic mass is 10.1. The van der Waals surface area contributed by atoms with Crippen LogP contribution in [0.4, 0.5) is 5.82 Å². The summed E-state index contributed by atoms with van der Waals surface area (Å²) in [5.41, 5.74) is 1.52. The number of hydrogen-bond donors (Lipinski definition) is 1. The molecule has 1 N–H and O–H groups in total. The van der Waals surface area contributed by atoms with Crippen molar-refractivity contribution in [3.8, 4) is 23.1 Å². The number of benzene rings is 2. The molecule has 0 bridgehead atoms. The first kappa shape index (κ1) is 20.4. The van der Waals surface area contributed by atoms with Crippen molar-refractivity contribution >= 4 is 23.3 Å². The predicted molar refractivity (Wildman–Crippen MR) is 113 cm³/mol. The van der Waals surface area contributed by atoms with Gasteiger partial charge in [0.2, 0.25) is 0 Å². The summed E-state index contributed by atoms with van der Waals surface area (Å²) in [6.45, 7) is 5.86. The number of methoxy groups -OCH3 is 1. The van der Waals surface area contributed by atoms with Crippen molar-refractivity contribution in [2.45, 2.75) is 26.3 Å². The van der Waals surface area contributed by atoms with Gasteiger partial charge in [0, 0.05) is 16.1 Å². The molecule has 0 aliphatic rings. The topological polar surface area (TPSA) is 79.9 Å². The minimum atomic E-state index is -0.460. The van der Waals surface area contributed by atoms with Crippen molar-refractivity contribution in [2.24, 2.45) is 0 Å². The van der Waals surface area contributed by atoms with Gasteiger partial charge in [0.05, 0.1) is 12.6 Å². The Bertz CT molecular complexity index is 1070. The van der Waals surface area contributed by atoms with Gasteiger partial charge in [-0.3, -0.25) is 4.79 Å². The quantitative estimate of drug-likeness (QED) is 0.651. The highest BCUT2D eigenvalue weighted by Crippen LogP contribution is 2.33. The normalized spacial score (nSPS) is 11.0. The molecule has 0 radical (unpaired) electrons. The van der Waals surface area contributed by atoms with Gasteiger partial charge in [-0.25, -0.2) is 4.68 Å². The predicted octanol–water partition coefficient (Wildman–Crippen LogP) is 5.09. The zero-order valence-electron chi connectivity index (χ0n) is 16.7. The fraction of sp³-hybridized carbons (Fsp3) is 0.227. The lowest BCUT2D eigenvalue weighted by molar-refractivity contribution is 0.102. The van der Waals surface area contributed by atoms with Gasteiger partial charge in [-0.2, -0.15) is 10.4 Å². The number of carbonyl (C=O) groups is 1. The molecular formula is C22H21ClN4O2. The van der Waals surface area contributed by atoms with E-state index in [0.717, 1.165) is 5.56 Å². The molecular weight excluding hydrogens is 388 g/mol. The molecule has 2 aromatic carbocycles. The Kier molecular flexibility index (Phi) is 5.62. The van der Waals surface area contributed by atoms with Crippen LogP contribution in [0.2, 0.25) is 5.02 Å². The van der Waals surface area contributed by atoms with Crippen LogP contribution in [0.5, 0.6) is 5.75 Å². The first-order valence-electron chi connectivity index (χ1n) is 8.99. The van der Waals surface area contributed by atoms with Crippen LogP contribution in [0.1, 0.15) is 36.7 Å². The molecule has 1 heterocycles. The van der Waals surface area contributed by atoms with E-state index < -0.39 is 5.54 Å². The van der Waals surface area contributed by atoms with Crippen LogP contribution in [0.15, 0.2) is 48.5 Å². The molecule has 148 valence electrons. The summed E-state index contributed by atoms with van der Waals surface area (Å²) in [5.74, 6) is 0.673. The summed E-state index contributed by atoms with van der Waals surface area (Å²) >= 11 is 5.98. The summed E-state index contributed by atoms with van der Waals surface area (Å²) in [7, 11) is 1.56. The zero-order valence-corrected chi connectivity index (χ0v) is 17.4. The fourth-order valence-corrected chi connectivity index (χ4v) is 2.98. The van der Waals surface area contributed by atoms with Gasteiger partial charge in [-0.05, 0) is 57.2 Å². The number of halogens is 1. The number of nitrogens with one attached hydrogen (secondary N) is 1. The molecule has 29 heavy (non-hydrogen) atoms. The molecule has 0 fully saturated rings. The van der Waals surface area contributed by atoms with E-state index in [1.54, 1.807) is 60.3 Å². The molecule has 6 nitrogen and oxygen atoms in total. The largest absolute Gasteiger partial charge is 0.497 e. The van der Waals surface area contributed by atoms with Crippen molar-refractivity contribution in [1.29, 1.82) is 5.26 Å². The Morgan fingerprint density at radius 2 is 1.76 bits per heavy atom. The van der Waals surface area contributed by atoms with Crippen molar-refractivity contribution in [2.75, 3.05) is 12.4 Å². The molecule has 1 amide bonds. The minimum Gasteiger partial charge on any atom is -0.497 e. The Morgan fingerprint density at radius 3 is 2.28 bits per heavy atom. The number of amides is 1. The second-order valence-electron chi connectivity index (χ2n) is 7.46. The maximum absolute atomic E-state index is 12.8. The third kappa shape index (κ3) is 4.25. The highest BCUT2D eigenvalue weighted by Gasteiger charge is 2.27. The lowest BCUT2D eigenvalue weighted by Gasteiger charge is -2.22. The van der Waals surface area contributed by atoms with Crippen molar-refractivity contribution in [3.63, 3.8) is 0 Å². The number of aromatic nitrogens is 2. The number of hydrogen-bond acceptors (Lipinski definition) is 4. The summed E-state index contributed by atoms with van der Waals surface area (Å²) in [5, 5.41) is 17.9. The smallest absolute Gasteiger partial charge is 0.256 e. The Morgan fingerprint density at radius 1 is 1.14 bits per heavy atom. The van der Waals surface area contributed by atoms with Crippen LogP contribution < -0.4 is 10.1 Å². The van der Waals surface area contributed by atoms with Crippen LogP contribution in [0.3, 0.4) is 0 Å². The molecule has 7 heteroatoms. The standard InChI is InChI=1S/C22H21ClN4O2/c1-22(2,3)27-20(25-21(28)15-7-11-17(29-4)12-8-15)18(13-24)19(26-27)14-5-9-16(23)10-6-14/h5-12H,1-4H3,(H,25,28). The van der Waals surface area contributed by atoms with Crippen molar-refractivity contribution in [3.05, 3.63) is 64.7 Å². The van der Waals surface area contributed by atoms with E-state index in [0.29, 0.717) is 33.4 Å². The van der Waals surface area contributed by atoms with Gasteiger partial charge in [0.15, 0.2) is 0 Å². The van der Waals surface area contributed by atoms with Crippen LogP contribution in [0, 0.1) is 11.3 Å². The Labute approximate surface area is 174 Å². The summed E-state index contributed by atoms with van der Waals surface area (Å²) in [6.07, 6.45) is 0. The van der Waals surface area contributed by atoms with Gasteiger partial charge >= 0.3 is 0 Å².